The highest BCUT2D eigenvalue weighted by molar-refractivity contribution is 6.39. The molecular formula is C15H18Cl2N10. The second kappa shape index (κ2) is 9.14. The summed E-state index contributed by atoms with van der Waals surface area (Å²) in [5.74, 6) is 5.42. The Morgan fingerprint density at radius 2 is 1.85 bits per heavy atom. The van der Waals surface area contributed by atoms with Gasteiger partial charge in [0.2, 0.25) is 0 Å². The first-order chi connectivity index (χ1) is 12.9. The van der Waals surface area contributed by atoms with Gasteiger partial charge in [-0.25, -0.2) is 4.99 Å². The van der Waals surface area contributed by atoms with E-state index in [4.69, 9.17) is 51.5 Å². The van der Waals surface area contributed by atoms with Gasteiger partial charge in [0.15, 0.2) is 12.2 Å². The lowest BCUT2D eigenvalue weighted by Crippen LogP contribution is -2.36. The van der Waals surface area contributed by atoms with Crippen molar-refractivity contribution >= 4 is 46.8 Å². The van der Waals surface area contributed by atoms with Crippen molar-refractivity contribution in [2.75, 3.05) is 10.7 Å². The van der Waals surface area contributed by atoms with Gasteiger partial charge >= 0.3 is 0 Å². The molecule has 27 heavy (non-hydrogen) atoms. The minimum Gasteiger partial charge on any atom is -0.370 e. The average molecular weight is 409 g/mol. The van der Waals surface area contributed by atoms with Gasteiger partial charge in [-0.05, 0) is 29.8 Å². The van der Waals surface area contributed by atoms with Crippen LogP contribution in [0.4, 0.5) is 11.4 Å². The summed E-state index contributed by atoms with van der Waals surface area (Å²) in [5.41, 5.74) is 25.7. The zero-order valence-electron chi connectivity index (χ0n) is 13.9. The van der Waals surface area contributed by atoms with Crippen molar-refractivity contribution in [3.63, 3.8) is 0 Å². The van der Waals surface area contributed by atoms with Gasteiger partial charge in [0.1, 0.15) is 0 Å². The maximum atomic E-state index is 7.49. The molecule has 0 aliphatic carbocycles. The van der Waals surface area contributed by atoms with Crippen molar-refractivity contribution in [1.82, 2.24) is 5.43 Å². The van der Waals surface area contributed by atoms with Gasteiger partial charge in [-0.2, -0.15) is 5.53 Å². The van der Waals surface area contributed by atoms with Crippen LogP contribution in [0, 0.1) is 10.9 Å². The number of anilines is 2. The summed E-state index contributed by atoms with van der Waals surface area (Å²) in [6.07, 6.45) is 0.211. The van der Waals surface area contributed by atoms with Crippen LogP contribution in [0.25, 0.3) is 11.1 Å². The summed E-state index contributed by atoms with van der Waals surface area (Å²) in [7, 11) is 0. The van der Waals surface area contributed by atoms with Crippen molar-refractivity contribution in [2.24, 2.45) is 27.5 Å². The molecule has 0 amide bonds. The second-order valence-corrected chi connectivity index (χ2v) is 6.05. The molecule has 142 valence electrons. The van der Waals surface area contributed by atoms with Crippen LogP contribution in [0.5, 0.6) is 0 Å². The van der Waals surface area contributed by atoms with Gasteiger partial charge in [-0.1, -0.05) is 34.5 Å². The number of rotatable bonds is 7. The first-order valence-electron chi connectivity index (χ1n) is 7.48. The van der Waals surface area contributed by atoms with E-state index in [1.807, 2.05) is 0 Å². The number of hydrogen-bond donors (Lipinski definition) is 8. The summed E-state index contributed by atoms with van der Waals surface area (Å²) in [4.78, 5) is 3.85. The van der Waals surface area contributed by atoms with E-state index >= 15 is 0 Å². The van der Waals surface area contributed by atoms with E-state index in [0.29, 0.717) is 32.5 Å². The molecule has 0 bridgehead atoms. The van der Waals surface area contributed by atoms with E-state index in [0.717, 1.165) is 5.56 Å². The number of halogens is 2. The molecule has 0 fully saturated rings. The third-order valence-corrected chi connectivity index (χ3v) is 4.04. The standard InChI is InChI=1S/C15H18Cl2N10/c16-10-4-9(23-14(19)24-15(20)26-27-22)5-11(17)13(10)7-1-2-12(25-21)8(3-7)6-18/h1-6,15,18,25H,20-21H2,(H2,22,26)(H3,19,23,24). The number of nitrogens with one attached hydrogen (secondary N) is 5. The minimum absolute atomic E-state index is 0.0111. The molecule has 2 rings (SSSR count). The normalized spacial score (nSPS) is 12.2. The molecule has 1 unspecified atom stereocenters. The summed E-state index contributed by atoms with van der Waals surface area (Å²) in [6, 6.07) is 8.50. The maximum absolute atomic E-state index is 7.49. The molecule has 2 aromatic rings. The third kappa shape index (κ3) is 5.05. The largest absolute Gasteiger partial charge is 0.370 e. The van der Waals surface area contributed by atoms with E-state index in [1.54, 1.807) is 30.3 Å². The fraction of sp³-hybridized carbons (Fsp3) is 0.0667. The number of nitrogens with two attached hydrogens (primary N) is 3. The fourth-order valence-electron chi connectivity index (χ4n) is 2.32. The van der Waals surface area contributed by atoms with Gasteiger partial charge in [0.25, 0.3) is 0 Å². The maximum Gasteiger partial charge on any atom is 0.196 e. The van der Waals surface area contributed by atoms with Crippen LogP contribution in [0.3, 0.4) is 0 Å². The summed E-state index contributed by atoms with van der Waals surface area (Å²) >= 11 is 12.8. The van der Waals surface area contributed by atoms with Crippen LogP contribution < -0.4 is 33.5 Å². The number of aliphatic imine (C=N–C) groups is 1. The van der Waals surface area contributed by atoms with Crippen LogP contribution in [-0.4, -0.2) is 18.5 Å². The number of guanidine groups is 1. The fourth-order valence-corrected chi connectivity index (χ4v) is 3.02. The molecule has 1 atom stereocenters. The molecule has 10 nitrogen and oxygen atoms in total. The van der Waals surface area contributed by atoms with Crippen LogP contribution in [0.15, 0.2) is 40.5 Å². The first kappa shape index (κ1) is 20.4. The van der Waals surface area contributed by atoms with Crippen molar-refractivity contribution in [1.29, 1.82) is 10.9 Å². The lowest BCUT2D eigenvalue weighted by Gasteiger charge is -2.14. The molecule has 0 aromatic heterocycles. The predicted molar refractivity (Wildman–Crippen MR) is 109 cm³/mol. The van der Waals surface area contributed by atoms with Gasteiger partial charge in [-0.15, -0.1) is 0 Å². The quantitative estimate of drug-likeness (QED) is 0.0866. The smallest absolute Gasteiger partial charge is 0.196 e. The zero-order chi connectivity index (χ0) is 20.0. The Hall–Kier alpha value is -2.92. The predicted octanol–water partition coefficient (Wildman–Crippen LogP) is 2.45. The van der Waals surface area contributed by atoms with E-state index in [9.17, 15) is 0 Å². The summed E-state index contributed by atoms with van der Waals surface area (Å²) in [6.45, 7) is 0. The van der Waals surface area contributed by atoms with E-state index in [2.05, 4.69) is 26.4 Å². The van der Waals surface area contributed by atoms with E-state index in [-0.39, 0.29) is 5.96 Å². The minimum atomic E-state index is -0.963. The van der Waals surface area contributed by atoms with Gasteiger partial charge in [0.05, 0.1) is 15.7 Å². The topological polar surface area (TPSA) is 187 Å². The SMILES string of the molecule is N=Cc1cc(-c2c(Cl)cc(N/C(N)=N/C(N)NN=N)cc2Cl)ccc1NN. The number of nitrogens with zero attached hydrogens (tertiary/aromatic N) is 2. The molecule has 11 N–H and O–H groups in total. The van der Waals surface area contributed by atoms with E-state index < -0.39 is 6.29 Å². The zero-order valence-corrected chi connectivity index (χ0v) is 15.4. The molecule has 12 heteroatoms. The molecule has 0 radical (unpaired) electrons. The second-order valence-electron chi connectivity index (χ2n) is 5.23. The Morgan fingerprint density at radius 3 is 2.41 bits per heavy atom. The lowest BCUT2D eigenvalue weighted by molar-refractivity contribution is 0.538. The Bertz CT molecular complexity index is 860. The Morgan fingerprint density at radius 1 is 1.19 bits per heavy atom. The Balaban J connectivity index is 2.35. The molecule has 0 spiro atoms. The van der Waals surface area contributed by atoms with Crippen LogP contribution in [0.1, 0.15) is 5.56 Å². The third-order valence-electron chi connectivity index (χ3n) is 3.44. The highest BCUT2D eigenvalue weighted by Gasteiger charge is 2.13. The van der Waals surface area contributed by atoms with Crippen molar-refractivity contribution in [3.8, 4) is 11.1 Å². The first-order valence-corrected chi connectivity index (χ1v) is 8.23. The van der Waals surface area contributed by atoms with Crippen LogP contribution in [-0.2, 0) is 0 Å². The molecule has 2 aromatic carbocycles. The summed E-state index contributed by atoms with van der Waals surface area (Å²) in [5, 5.41) is 13.9. The highest BCUT2D eigenvalue weighted by atomic mass is 35.5. The Kier molecular flexibility index (Phi) is 6.91. The van der Waals surface area contributed by atoms with Crippen molar-refractivity contribution in [3.05, 3.63) is 45.9 Å². The van der Waals surface area contributed by atoms with Gasteiger partial charge in [0, 0.05) is 23.0 Å². The number of nitrogen functional groups attached to an aromatic ring is 1. The molecule has 0 saturated heterocycles. The molecule has 0 heterocycles. The number of benzene rings is 2. The number of hydrazine groups is 1. The number of hydrogen-bond acceptors (Lipinski definition) is 7. The molecular weight excluding hydrogens is 391 g/mol. The Labute approximate surface area is 165 Å². The van der Waals surface area contributed by atoms with Gasteiger partial charge in [-0.3, -0.25) is 17.0 Å². The van der Waals surface area contributed by atoms with E-state index in [1.165, 1.54) is 6.21 Å². The molecule has 0 aliphatic heterocycles. The van der Waals surface area contributed by atoms with Crippen LogP contribution >= 0.6 is 23.2 Å². The molecule has 0 saturated carbocycles. The van der Waals surface area contributed by atoms with Crippen LogP contribution in [0.2, 0.25) is 10.0 Å². The summed E-state index contributed by atoms with van der Waals surface area (Å²) < 4.78 is 0. The van der Waals surface area contributed by atoms with Gasteiger partial charge < -0.3 is 21.9 Å². The average Bonchev–Trinajstić information content (AvgIpc) is 2.60. The van der Waals surface area contributed by atoms with Crippen molar-refractivity contribution in [2.45, 2.75) is 6.29 Å². The lowest BCUT2D eigenvalue weighted by atomic mass is 10.0. The monoisotopic (exact) mass is 408 g/mol. The van der Waals surface area contributed by atoms with Crippen molar-refractivity contribution < 1.29 is 0 Å². The highest BCUT2D eigenvalue weighted by Crippen LogP contribution is 2.38. The molecule has 0 aliphatic rings.